The van der Waals surface area contributed by atoms with Crippen LogP contribution in [0.4, 0.5) is 5.69 Å². The van der Waals surface area contributed by atoms with Gasteiger partial charge in [0.15, 0.2) is 0 Å². The largest absolute Gasteiger partial charge is 0.348 e. The summed E-state index contributed by atoms with van der Waals surface area (Å²) in [6, 6.07) is 17.8. The average Bonchev–Trinajstić information content (AvgIpc) is 3.14. The molecule has 0 unspecified atom stereocenters. The summed E-state index contributed by atoms with van der Waals surface area (Å²) in [7, 11) is 1.87. The smallest absolute Gasteiger partial charge is 0.263 e. The fraction of sp³-hybridized carbons (Fsp3) is 0.130. The highest BCUT2D eigenvalue weighted by Gasteiger charge is 2.14. The van der Waals surface area contributed by atoms with Crippen LogP contribution in [0, 0.1) is 0 Å². The van der Waals surface area contributed by atoms with Crippen molar-refractivity contribution in [3.8, 4) is 0 Å². The number of nitrogens with zero attached hydrogens (tertiary/aromatic N) is 3. The molecule has 0 fully saturated rings. The van der Waals surface area contributed by atoms with E-state index in [-0.39, 0.29) is 18.0 Å². The number of anilines is 1. The summed E-state index contributed by atoms with van der Waals surface area (Å²) in [5.41, 5.74) is 2.70. The fourth-order valence-electron chi connectivity index (χ4n) is 3.27. The van der Waals surface area contributed by atoms with Gasteiger partial charge in [0.2, 0.25) is 5.91 Å². The van der Waals surface area contributed by atoms with Crippen LogP contribution in [0.1, 0.15) is 15.9 Å². The lowest BCUT2D eigenvalue weighted by Crippen LogP contribution is -2.34. The topological polar surface area (TPSA) is 98.0 Å². The Morgan fingerprint density at radius 1 is 1.03 bits per heavy atom. The molecule has 0 spiro atoms. The van der Waals surface area contributed by atoms with Gasteiger partial charge in [-0.05, 0) is 35.9 Å². The van der Waals surface area contributed by atoms with Gasteiger partial charge in [0.05, 0.1) is 17.4 Å². The highest BCUT2D eigenvalue weighted by molar-refractivity contribution is 5.94. The highest BCUT2D eigenvalue weighted by atomic mass is 16.2. The summed E-state index contributed by atoms with van der Waals surface area (Å²) < 4.78 is 3.07. The average molecular weight is 415 g/mol. The Balaban J connectivity index is 1.44. The number of nitrogens with one attached hydrogen (secondary N) is 2. The quantitative estimate of drug-likeness (QED) is 0.505. The van der Waals surface area contributed by atoms with Crippen molar-refractivity contribution in [2.75, 3.05) is 5.32 Å². The van der Waals surface area contributed by atoms with Gasteiger partial charge < -0.3 is 19.8 Å². The first-order valence-corrected chi connectivity index (χ1v) is 9.74. The zero-order valence-electron chi connectivity index (χ0n) is 16.9. The van der Waals surface area contributed by atoms with Crippen LogP contribution in [0.25, 0.3) is 11.0 Å². The van der Waals surface area contributed by atoms with E-state index in [1.165, 1.54) is 16.8 Å². The van der Waals surface area contributed by atoms with Crippen LogP contribution in [-0.2, 0) is 24.9 Å². The second-order valence-corrected chi connectivity index (χ2v) is 7.13. The molecule has 0 aliphatic carbocycles. The molecule has 0 bridgehead atoms. The molecule has 0 saturated heterocycles. The van der Waals surface area contributed by atoms with Gasteiger partial charge in [0.25, 0.3) is 11.5 Å². The van der Waals surface area contributed by atoms with Crippen molar-refractivity contribution in [1.82, 2.24) is 19.4 Å². The molecular formula is C23H21N5O3. The lowest BCUT2D eigenvalue weighted by Gasteiger charge is -2.10. The van der Waals surface area contributed by atoms with Crippen molar-refractivity contribution in [1.29, 1.82) is 0 Å². The van der Waals surface area contributed by atoms with Crippen LogP contribution in [0.3, 0.4) is 0 Å². The maximum Gasteiger partial charge on any atom is 0.263 e. The summed E-state index contributed by atoms with van der Waals surface area (Å²) in [6.07, 6.45) is 3.18. The first kappa shape index (κ1) is 20.1. The number of aryl methyl sites for hydroxylation is 1. The molecule has 31 heavy (non-hydrogen) atoms. The first-order valence-electron chi connectivity index (χ1n) is 9.74. The van der Waals surface area contributed by atoms with Gasteiger partial charge in [-0.3, -0.25) is 14.4 Å². The number of imidazole rings is 1. The Bertz CT molecular complexity index is 1310. The van der Waals surface area contributed by atoms with Crippen molar-refractivity contribution < 1.29 is 9.59 Å². The van der Waals surface area contributed by atoms with Crippen molar-refractivity contribution in [3.63, 3.8) is 0 Å². The van der Waals surface area contributed by atoms with E-state index in [0.717, 1.165) is 16.6 Å². The van der Waals surface area contributed by atoms with E-state index in [9.17, 15) is 14.4 Å². The molecule has 2 aromatic heterocycles. The Kier molecular flexibility index (Phi) is 5.61. The molecule has 4 aromatic rings. The summed E-state index contributed by atoms with van der Waals surface area (Å²) in [5.74, 6) is -0.851. The monoisotopic (exact) mass is 415 g/mol. The third-order valence-corrected chi connectivity index (χ3v) is 4.88. The number of fused-ring (bicyclic) bond motifs is 1. The number of benzene rings is 2. The van der Waals surface area contributed by atoms with Crippen molar-refractivity contribution in [2.45, 2.75) is 13.1 Å². The fourth-order valence-corrected chi connectivity index (χ4v) is 3.27. The summed E-state index contributed by atoms with van der Waals surface area (Å²) in [6.45, 7) is 0.104. The normalized spacial score (nSPS) is 10.7. The van der Waals surface area contributed by atoms with Crippen LogP contribution >= 0.6 is 0 Å². The van der Waals surface area contributed by atoms with E-state index in [2.05, 4.69) is 15.6 Å². The van der Waals surface area contributed by atoms with Crippen molar-refractivity contribution in [3.05, 3.63) is 94.7 Å². The second-order valence-electron chi connectivity index (χ2n) is 7.13. The maximum atomic E-state index is 12.7. The van der Waals surface area contributed by atoms with Gasteiger partial charge >= 0.3 is 0 Å². The number of hydrogen-bond donors (Lipinski definition) is 2. The lowest BCUT2D eigenvalue weighted by atomic mass is 10.2. The van der Waals surface area contributed by atoms with Gasteiger partial charge in [-0.1, -0.05) is 30.3 Å². The number of aromatic nitrogens is 3. The second kappa shape index (κ2) is 8.66. The number of rotatable bonds is 6. The zero-order valence-corrected chi connectivity index (χ0v) is 16.9. The minimum atomic E-state index is -0.523. The molecule has 0 radical (unpaired) electrons. The molecule has 0 aliphatic heterocycles. The Hall–Kier alpha value is -4.20. The van der Waals surface area contributed by atoms with Crippen LogP contribution < -0.4 is 16.2 Å². The van der Waals surface area contributed by atoms with Crippen molar-refractivity contribution >= 4 is 28.5 Å². The lowest BCUT2D eigenvalue weighted by molar-refractivity contribution is -0.116. The summed E-state index contributed by atoms with van der Waals surface area (Å²) >= 11 is 0. The van der Waals surface area contributed by atoms with Gasteiger partial charge in [0, 0.05) is 25.5 Å². The number of amides is 2. The van der Waals surface area contributed by atoms with E-state index >= 15 is 0 Å². The molecule has 4 rings (SSSR count). The predicted molar refractivity (Wildman–Crippen MR) is 118 cm³/mol. The molecule has 2 N–H and O–H groups in total. The molecule has 0 atom stereocenters. The standard InChI is InChI=1S/C23H21N5O3/c1-27-15-25-19-10-9-17(12-20(19)27)26-21(29)14-28-11-5-8-18(23(28)31)22(30)24-13-16-6-3-2-4-7-16/h2-12,15H,13-14H2,1H3,(H,24,30)(H,26,29). The molecule has 8 nitrogen and oxygen atoms in total. The van der Waals surface area contributed by atoms with Crippen LogP contribution in [0.2, 0.25) is 0 Å². The Labute approximate surface area is 178 Å². The van der Waals surface area contributed by atoms with Crippen LogP contribution in [0.5, 0.6) is 0 Å². The highest BCUT2D eigenvalue weighted by Crippen LogP contribution is 2.17. The van der Waals surface area contributed by atoms with Crippen molar-refractivity contribution in [2.24, 2.45) is 7.05 Å². The van der Waals surface area contributed by atoms with E-state index in [4.69, 9.17) is 0 Å². The molecular weight excluding hydrogens is 394 g/mol. The van der Waals surface area contributed by atoms with Crippen LogP contribution in [0.15, 0.2) is 78.0 Å². The molecule has 2 amide bonds. The van der Waals surface area contributed by atoms with Gasteiger partial charge in [-0.15, -0.1) is 0 Å². The predicted octanol–water partition coefficient (Wildman–Crippen LogP) is 2.30. The number of pyridine rings is 1. The number of carbonyl (C=O) groups is 2. The van der Waals surface area contributed by atoms with E-state index < -0.39 is 11.5 Å². The molecule has 2 heterocycles. The molecule has 0 saturated carbocycles. The zero-order chi connectivity index (χ0) is 21.8. The van der Waals surface area contributed by atoms with E-state index in [1.807, 2.05) is 54.1 Å². The maximum absolute atomic E-state index is 12.7. The molecule has 156 valence electrons. The van der Waals surface area contributed by atoms with E-state index in [1.54, 1.807) is 18.5 Å². The summed E-state index contributed by atoms with van der Waals surface area (Å²) in [4.78, 5) is 41.9. The minimum absolute atomic E-state index is 0.0115. The van der Waals surface area contributed by atoms with Gasteiger partial charge in [0.1, 0.15) is 12.1 Å². The number of hydrogen-bond acceptors (Lipinski definition) is 4. The molecule has 2 aromatic carbocycles. The van der Waals surface area contributed by atoms with Crippen LogP contribution in [-0.4, -0.2) is 25.9 Å². The third-order valence-electron chi connectivity index (χ3n) is 4.88. The minimum Gasteiger partial charge on any atom is -0.348 e. The Morgan fingerprint density at radius 3 is 2.65 bits per heavy atom. The third kappa shape index (κ3) is 4.53. The molecule has 8 heteroatoms. The Morgan fingerprint density at radius 2 is 1.84 bits per heavy atom. The first-order chi connectivity index (χ1) is 15.0. The van der Waals surface area contributed by atoms with Gasteiger partial charge in [-0.25, -0.2) is 4.98 Å². The SMILES string of the molecule is Cn1cnc2ccc(NC(=O)Cn3cccc(C(=O)NCc4ccccc4)c3=O)cc21. The molecule has 0 aliphatic rings. The summed E-state index contributed by atoms with van der Waals surface area (Å²) in [5, 5.41) is 5.52. The number of carbonyl (C=O) groups excluding carboxylic acids is 2. The van der Waals surface area contributed by atoms with E-state index in [0.29, 0.717) is 12.2 Å². The van der Waals surface area contributed by atoms with Gasteiger partial charge in [-0.2, -0.15) is 0 Å².